The highest BCUT2D eigenvalue weighted by Crippen LogP contribution is 2.26. The van der Waals surface area contributed by atoms with Crippen LogP contribution in [0.3, 0.4) is 0 Å². The van der Waals surface area contributed by atoms with Crippen LogP contribution in [0.2, 0.25) is 0 Å². The van der Waals surface area contributed by atoms with E-state index in [1.54, 1.807) is 0 Å². The highest BCUT2D eigenvalue weighted by molar-refractivity contribution is 7.89. The van der Waals surface area contributed by atoms with E-state index < -0.39 is 26.0 Å². The Balaban J connectivity index is 1.75. The van der Waals surface area contributed by atoms with Gasteiger partial charge in [0.05, 0.1) is 5.75 Å². The molecule has 1 amide bonds. The van der Waals surface area contributed by atoms with E-state index in [1.807, 2.05) is 0 Å². The SMILES string of the molecule is Cc1oc(C(=O)Nc2ccc(CS(N)(=O)=O)cc2)cc1S(=O)(=O)N1CCCC1. The Bertz CT molecular complexity index is 1080. The van der Waals surface area contributed by atoms with Gasteiger partial charge in [0.1, 0.15) is 10.7 Å². The van der Waals surface area contributed by atoms with Gasteiger partial charge in [0.2, 0.25) is 20.0 Å². The summed E-state index contributed by atoms with van der Waals surface area (Å²) in [5, 5.41) is 7.58. The van der Waals surface area contributed by atoms with Crippen LogP contribution in [0.25, 0.3) is 0 Å². The van der Waals surface area contributed by atoms with Crippen molar-refractivity contribution in [2.45, 2.75) is 30.4 Å². The third-order valence-electron chi connectivity index (χ3n) is 4.36. The molecule has 0 aliphatic carbocycles. The summed E-state index contributed by atoms with van der Waals surface area (Å²) in [4.78, 5) is 12.4. The number of carbonyl (C=O) groups excluding carboxylic acids is 1. The van der Waals surface area contributed by atoms with Crippen molar-refractivity contribution in [1.29, 1.82) is 0 Å². The summed E-state index contributed by atoms with van der Waals surface area (Å²) in [5.74, 6) is -0.884. The van der Waals surface area contributed by atoms with Gasteiger partial charge >= 0.3 is 0 Å². The van der Waals surface area contributed by atoms with Crippen LogP contribution in [0.15, 0.2) is 39.6 Å². The normalized spacial score (nSPS) is 15.6. The van der Waals surface area contributed by atoms with Crippen LogP contribution in [0.1, 0.15) is 34.7 Å². The topological polar surface area (TPSA) is 140 Å². The van der Waals surface area contributed by atoms with Gasteiger partial charge in [-0.05, 0) is 37.5 Å². The molecule has 1 aliphatic rings. The number of nitrogens with one attached hydrogen (secondary N) is 1. The second-order valence-corrected chi connectivity index (χ2v) is 10.1. The third kappa shape index (κ3) is 4.61. The number of aryl methyl sites for hydroxylation is 1. The summed E-state index contributed by atoms with van der Waals surface area (Å²) >= 11 is 0. The highest BCUT2D eigenvalue weighted by Gasteiger charge is 2.31. The van der Waals surface area contributed by atoms with Crippen LogP contribution in [0.5, 0.6) is 0 Å². The molecule has 3 rings (SSSR count). The van der Waals surface area contributed by atoms with Gasteiger partial charge in [0.25, 0.3) is 5.91 Å². The first-order chi connectivity index (χ1) is 13.1. The number of nitrogens with zero attached hydrogens (tertiary/aromatic N) is 1. The molecule has 0 saturated carbocycles. The van der Waals surface area contributed by atoms with E-state index in [2.05, 4.69) is 5.32 Å². The standard InChI is InChI=1S/C17H21N3O6S2/c1-12-16(28(24,25)20-8-2-3-9-20)10-15(26-12)17(21)19-14-6-4-13(5-7-14)11-27(18,22)23/h4-7,10H,2-3,8-9,11H2,1H3,(H,19,21)(H2,18,22,23). The number of primary sulfonamides is 1. The van der Waals surface area contributed by atoms with Crippen molar-refractivity contribution >= 4 is 31.6 Å². The second-order valence-electron chi connectivity index (χ2n) is 6.60. The average Bonchev–Trinajstić information content (AvgIpc) is 3.25. The molecule has 1 aliphatic heterocycles. The minimum absolute atomic E-state index is 0.0111. The molecule has 28 heavy (non-hydrogen) atoms. The van der Waals surface area contributed by atoms with Crippen LogP contribution in [0.4, 0.5) is 5.69 Å². The quantitative estimate of drug-likeness (QED) is 0.714. The number of hydrogen-bond donors (Lipinski definition) is 2. The van der Waals surface area contributed by atoms with Gasteiger partial charge in [-0.15, -0.1) is 0 Å². The number of rotatable bonds is 6. The number of carbonyl (C=O) groups is 1. The van der Waals surface area contributed by atoms with E-state index in [1.165, 1.54) is 41.6 Å². The largest absolute Gasteiger partial charge is 0.455 e. The molecule has 2 heterocycles. The minimum atomic E-state index is -3.69. The van der Waals surface area contributed by atoms with E-state index in [-0.39, 0.29) is 22.2 Å². The van der Waals surface area contributed by atoms with Crippen molar-refractivity contribution in [3.63, 3.8) is 0 Å². The molecule has 1 fully saturated rings. The Morgan fingerprint density at radius 1 is 1.14 bits per heavy atom. The van der Waals surface area contributed by atoms with Gasteiger partial charge in [-0.3, -0.25) is 4.79 Å². The smallest absolute Gasteiger partial charge is 0.291 e. The fraction of sp³-hybridized carbons (Fsp3) is 0.353. The fourth-order valence-corrected chi connectivity index (χ4v) is 5.35. The van der Waals surface area contributed by atoms with E-state index in [0.717, 1.165) is 12.8 Å². The molecule has 152 valence electrons. The summed E-state index contributed by atoms with van der Waals surface area (Å²) in [6.07, 6.45) is 1.62. The first kappa shape index (κ1) is 20.5. The van der Waals surface area contributed by atoms with Crippen molar-refractivity contribution in [2.75, 3.05) is 18.4 Å². The van der Waals surface area contributed by atoms with Crippen LogP contribution < -0.4 is 10.5 Å². The maximum atomic E-state index is 12.7. The Morgan fingerprint density at radius 3 is 2.32 bits per heavy atom. The predicted octanol–water partition coefficient (Wildman–Crippen LogP) is 1.41. The van der Waals surface area contributed by atoms with Gasteiger partial charge in [-0.25, -0.2) is 22.0 Å². The molecule has 0 bridgehead atoms. The number of nitrogens with two attached hydrogens (primary N) is 1. The lowest BCUT2D eigenvalue weighted by molar-refractivity contribution is 0.0995. The Morgan fingerprint density at radius 2 is 1.75 bits per heavy atom. The number of hydrogen-bond acceptors (Lipinski definition) is 6. The second kappa shape index (κ2) is 7.66. The number of benzene rings is 1. The molecule has 0 radical (unpaired) electrons. The van der Waals surface area contributed by atoms with Crippen molar-refractivity contribution in [3.05, 3.63) is 47.4 Å². The third-order valence-corrected chi connectivity index (χ3v) is 7.10. The van der Waals surface area contributed by atoms with Crippen molar-refractivity contribution in [1.82, 2.24) is 4.31 Å². The zero-order valence-electron chi connectivity index (χ0n) is 15.2. The molecule has 1 aromatic carbocycles. The predicted molar refractivity (Wildman–Crippen MR) is 103 cm³/mol. The number of furan rings is 1. The van der Waals surface area contributed by atoms with Crippen molar-refractivity contribution in [2.24, 2.45) is 5.14 Å². The monoisotopic (exact) mass is 427 g/mol. The lowest BCUT2D eigenvalue weighted by atomic mass is 10.2. The average molecular weight is 428 g/mol. The molecule has 9 nitrogen and oxygen atoms in total. The molecule has 0 atom stereocenters. The first-order valence-corrected chi connectivity index (χ1v) is 11.7. The van der Waals surface area contributed by atoms with Gasteiger partial charge in [-0.1, -0.05) is 12.1 Å². The van der Waals surface area contributed by atoms with Crippen LogP contribution in [-0.2, 0) is 25.8 Å². The Hall–Kier alpha value is -2.21. The van der Waals surface area contributed by atoms with Crippen LogP contribution in [0, 0.1) is 6.92 Å². The summed E-state index contributed by atoms with van der Waals surface area (Å²) in [6, 6.07) is 7.33. The summed E-state index contributed by atoms with van der Waals surface area (Å²) in [6.45, 7) is 2.42. The van der Waals surface area contributed by atoms with E-state index in [9.17, 15) is 21.6 Å². The van der Waals surface area contributed by atoms with Gasteiger partial charge in [0, 0.05) is 24.8 Å². The molecule has 1 aromatic heterocycles. The number of amides is 1. The molecular weight excluding hydrogens is 406 g/mol. The van der Waals surface area contributed by atoms with Gasteiger partial charge in [-0.2, -0.15) is 4.31 Å². The number of sulfonamides is 2. The molecule has 0 unspecified atom stereocenters. The Kier molecular flexibility index (Phi) is 5.62. The zero-order valence-corrected chi connectivity index (χ0v) is 16.8. The Labute approximate surface area is 163 Å². The molecular formula is C17H21N3O6S2. The van der Waals surface area contributed by atoms with Gasteiger partial charge < -0.3 is 9.73 Å². The summed E-state index contributed by atoms with van der Waals surface area (Å²) in [7, 11) is -7.33. The summed E-state index contributed by atoms with van der Waals surface area (Å²) < 4.78 is 54.3. The zero-order chi connectivity index (χ0) is 20.5. The molecule has 11 heteroatoms. The lowest BCUT2D eigenvalue weighted by Crippen LogP contribution is -2.28. The highest BCUT2D eigenvalue weighted by atomic mass is 32.2. The minimum Gasteiger partial charge on any atom is -0.455 e. The van der Waals surface area contributed by atoms with Crippen LogP contribution in [-0.4, -0.2) is 40.1 Å². The lowest BCUT2D eigenvalue weighted by Gasteiger charge is -2.14. The first-order valence-electron chi connectivity index (χ1n) is 8.57. The van der Waals surface area contributed by atoms with E-state index in [4.69, 9.17) is 9.56 Å². The van der Waals surface area contributed by atoms with Gasteiger partial charge in [0.15, 0.2) is 5.76 Å². The van der Waals surface area contributed by atoms with Crippen molar-refractivity contribution < 1.29 is 26.0 Å². The summed E-state index contributed by atoms with van der Waals surface area (Å²) in [5.41, 5.74) is 0.884. The van der Waals surface area contributed by atoms with Crippen LogP contribution >= 0.6 is 0 Å². The maximum absolute atomic E-state index is 12.7. The number of anilines is 1. The van der Waals surface area contributed by atoms with E-state index in [0.29, 0.717) is 24.3 Å². The van der Waals surface area contributed by atoms with E-state index >= 15 is 0 Å². The maximum Gasteiger partial charge on any atom is 0.291 e. The fourth-order valence-electron chi connectivity index (χ4n) is 3.01. The van der Waals surface area contributed by atoms with Crippen molar-refractivity contribution in [3.8, 4) is 0 Å². The molecule has 3 N–H and O–H groups in total. The molecule has 2 aromatic rings. The molecule has 0 spiro atoms. The molecule has 1 saturated heterocycles.